The number of anilines is 1. The van der Waals surface area contributed by atoms with Crippen molar-refractivity contribution < 1.29 is 8.42 Å². The van der Waals surface area contributed by atoms with E-state index >= 15 is 0 Å². The van der Waals surface area contributed by atoms with E-state index in [4.69, 9.17) is 0 Å². The first-order valence-corrected chi connectivity index (χ1v) is 8.50. The van der Waals surface area contributed by atoms with Crippen molar-refractivity contribution in [3.8, 4) is 0 Å². The maximum absolute atomic E-state index is 12.3. The second-order valence-corrected chi connectivity index (χ2v) is 7.08. The first-order valence-electron chi connectivity index (χ1n) is 7.02. The van der Waals surface area contributed by atoms with Crippen LogP contribution in [0.1, 0.15) is 33.1 Å². The molecule has 0 heterocycles. The molecule has 1 aliphatic rings. The van der Waals surface area contributed by atoms with E-state index in [9.17, 15) is 8.42 Å². The van der Waals surface area contributed by atoms with Gasteiger partial charge >= 0.3 is 0 Å². The normalized spacial score (nSPS) is 19.2. The summed E-state index contributed by atoms with van der Waals surface area (Å²) in [5.74, 6) is 0. The van der Waals surface area contributed by atoms with Gasteiger partial charge in [-0.2, -0.15) is 0 Å². The quantitative estimate of drug-likeness (QED) is 0.821. The topological polar surface area (TPSA) is 58.2 Å². The van der Waals surface area contributed by atoms with Crippen molar-refractivity contribution in [2.75, 3.05) is 5.32 Å². The van der Waals surface area contributed by atoms with Gasteiger partial charge in [-0.1, -0.05) is 24.3 Å². The fraction of sp³-hybridized carbons (Fsp3) is 0.467. The van der Waals surface area contributed by atoms with Crippen LogP contribution in [0.25, 0.3) is 0 Å². The molecule has 1 unspecified atom stereocenters. The molecule has 0 saturated heterocycles. The molecule has 1 atom stereocenters. The van der Waals surface area contributed by atoms with Crippen molar-refractivity contribution in [2.45, 2.75) is 50.1 Å². The van der Waals surface area contributed by atoms with Gasteiger partial charge in [-0.25, -0.2) is 13.1 Å². The van der Waals surface area contributed by atoms with Gasteiger partial charge in [0.1, 0.15) is 4.90 Å². The van der Waals surface area contributed by atoms with Crippen molar-refractivity contribution in [1.29, 1.82) is 0 Å². The number of hydrogen-bond acceptors (Lipinski definition) is 3. The number of para-hydroxylation sites is 1. The van der Waals surface area contributed by atoms with Crippen LogP contribution in [0.4, 0.5) is 5.69 Å². The van der Waals surface area contributed by atoms with Gasteiger partial charge in [-0.3, -0.25) is 0 Å². The molecule has 1 aromatic carbocycles. The van der Waals surface area contributed by atoms with Gasteiger partial charge in [-0.15, -0.1) is 0 Å². The molecule has 1 aliphatic carbocycles. The van der Waals surface area contributed by atoms with Crippen molar-refractivity contribution >= 4 is 15.7 Å². The molecule has 0 aliphatic heterocycles. The highest BCUT2D eigenvalue weighted by atomic mass is 32.2. The third-order valence-corrected chi connectivity index (χ3v) is 4.91. The molecule has 0 spiro atoms. The molecule has 0 fully saturated rings. The second kappa shape index (κ2) is 6.41. The van der Waals surface area contributed by atoms with E-state index in [0.717, 1.165) is 19.3 Å². The number of nitrogens with one attached hydrogen (secondary N) is 2. The smallest absolute Gasteiger partial charge is 0.242 e. The van der Waals surface area contributed by atoms with Crippen molar-refractivity contribution in [3.05, 3.63) is 36.4 Å². The Labute approximate surface area is 121 Å². The summed E-state index contributed by atoms with van der Waals surface area (Å²) in [6.45, 7) is 3.64. The summed E-state index contributed by atoms with van der Waals surface area (Å²) in [5, 5.41) is 3.36. The standard InChI is InChI=1S/C15H22N2O2S/c1-12(2)17-20(18,19)15-11-7-6-10-14(15)16-13-8-4-3-5-9-13/h3-4,6-7,10-13,16-17H,5,8-9H2,1-2H3. The van der Waals surface area contributed by atoms with Crippen LogP contribution in [-0.4, -0.2) is 20.5 Å². The minimum Gasteiger partial charge on any atom is -0.381 e. The maximum atomic E-state index is 12.3. The molecule has 0 aromatic heterocycles. The van der Waals surface area contributed by atoms with Crippen molar-refractivity contribution in [3.63, 3.8) is 0 Å². The maximum Gasteiger partial charge on any atom is 0.242 e. The second-order valence-electron chi connectivity index (χ2n) is 5.40. The molecule has 5 heteroatoms. The van der Waals surface area contributed by atoms with Gasteiger partial charge in [0, 0.05) is 12.1 Å². The third kappa shape index (κ3) is 3.84. The number of hydrogen-bond donors (Lipinski definition) is 2. The summed E-state index contributed by atoms with van der Waals surface area (Å²) in [6, 6.07) is 7.26. The van der Waals surface area contributed by atoms with Gasteiger partial charge in [0.2, 0.25) is 10.0 Å². The molecule has 2 N–H and O–H groups in total. The number of rotatable bonds is 5. The minimum atomic E-state index is -3.47. The van der Waals surface area contributed by atoms with Crippen LogP contribution >= 0.6 is 0 Å². The summed E-state index contributed by atoms with van der Waals surface area (Å²) < 4.78 is 27.3. The molecule has 0 saturated carbocycles. The molecule has 4 nitrogen and oxygen atoms in total. The van der Waals surface area contributed by atoms with E-state index in [-0.39, 0.29) is 6.04 Å². The Morgan fingerprint density at radius 1 is 1.20 bits per heavy atom. The van der Waals surface area contributed by atoms with Crippen LogP contribution in [0, 0.1) is 0 Å². The summed E-state index contributed by atoms with van der Waals surface area (Å²) in [4.78, 5) is 0.322. The molecule has 0 radical (unpaired) electrons. The zero-order valence-electron chi connectivity index (χ0n) is 12.0. The Hall–Kier alpha value is -1.33. The summed E-state index contributed by atoms with van der Waals surface area (Å²) in [7, 11) is -3.47. The van der Waals surface area contributed by atoms with Crippen LogP contribution in [0.5, 0.6) is 0 Å². The highest BCUT2D eigenvalue weighted by Crippen LogP contribution is 2.24. The zero-order valence-corrected chi connectivity index (χ0v) is 12.8. The SMILES string of the molecule is CC(C)NS(=O)(=O)c1ccccc1NC1CC=CCC1. The van der Waals surface area contributed by atoms with E-state index in [0.29, 0.717) is 16.6 Å². The molecule has 0 bridgehead atoms. The summed E-state index contributed by atoms with van der Waals surface area (Å²) >= 11 is 0. The Balaban J connectivity index is 2.24. The predicted molar refractivity (Wildman–Crippen MR) is 82.3 cm³/mol. The first kappa shape index (κ1) is 15.1. The van der Waals surface area contributed by atoms with E-state index in [2.05, 4.69) is 22.2 Å². The average molecular weight is 294 g/mol. The lowest BCUT2D eigenvalue weighted by Gasteiger charge is -2.22. The Morgan fingerprint density at radius 2 is 1.95 bits per heavy atom. The average Bonchev–Trinajstić information content (AvgIpc) is 2.39. The third-order valence-electron chi connectivity index (χ3n) is 3.20. The highest BCUT2D eigenvalue weighted by Gasteiger charge is 2.20. The lowest BCUT2D eigenvalue weighted by atomic mass is 10.0. The molecule has 1 aromatic rings. The van der Waals surface area contributed by atoms with Crippen molar-refractivity contribution in [1.82, 2.24) is 4.72 Å². The Bertz CT molecular complexity index is 579. The fourth-order valence-corrected chi connectivity index (χ4v) is 3.76. The molecule has 110 valence electrons. The van der Waals surface area contributed by atoms with E-state index < -0.39 is 10.0 Å². The molecular weight excluding hydrogens is 272 g/mol. The molecular formula is C15H22N2O2S. The zero-order chi connectivity index (χ0) is 14.6. The van der Waals surface area contributed by atoms with Crippen LogP contribution in [0.15, 0.2) is 41.3 Å². The number of benzene rings is 1. The van der Waals surface area contributed by atoms with Crippen LogP contribution < -0.4 is 10.0 Å². The fourth-order valence-electron chi connectivity index (χ4n) is 2.34. The lowest BCUT2D eigenvalue weighted by Crippen LogP contribution is -2.31. The van der Waals surface area contributed by atoms with Crippen LogP contribution in [-0.2, 0) is 10.0 Å². The van der Waals surface area contributed by atoms with E-state index in [1.165, 1.54) is 0 Å². The minimum absolute atomic E-state index is 0.120. The summed E-state index contributed by atoms with van der Waals surface area (Å²) in [5.41, 5.74) is 0.681. The monoisotopic (exact) mass is 294 g/mol. The van der Waals surface area contributed by atoms with Gasteiger partial charge < -0.3 is 5.32 Å². The van der Waals surface area contributed by atoms with Gasteiger partial charge in [-0.05, 0) is 45.2 Å². The summed E-state index contributed by atoms with van der Waals surface area (Å²) in [6.07, 6.45) is 7.32. The Morgan fingerprint density at radius 3 is 2.60 bits per heavy atom. The van der Waals surface area contributed by atoms with E-state index in [1.807, 2.05) is 26.0 Å². The number of allylic oxidation sites excluding steroid dienone is 1. The van der Waals surface area contributed by atoms with Crippen LogP contribution in [0.2, 0.25) is 0 Å². The van der Waals surface area contributed by atoms with Gasteiger partial charge in [0.15, 0.2) is 0 Å². The largest absolute Gasteiger partial charge is 0.381 e. The van der Waals surface area contributed by atoms with Crippen LogP contribution in [0.3, 0.4) is 0 Å². The number of sulfonamides is 1. The molecule has 0 amide bonds. The highest BCUT2D eigenvalue weighted by molar-refractivity contribution is 7.89. The van der Waals surface area contributed by atoms with Gasteiger partial charge in [0.05, 0.1) is 5.69 Å². The predicted octanol–water partition coefficient (Wildman–Crippen LogP) is 2.89. The van der Waals surface area contributed by atoms with E-state index in [1.54, 1.807) is 12.1 Å². The molecule has 2 rings (SSSR count). The lowest BCUT2D eigenvalue weighted by molar-refractivity contribution is 0.569. The molecule has 20 heavy (non-hydrogen) atoms. The Kier molecular flexibility index (Phi) is 4.83. The first-order chi connectivity index (χ1) is 9.49. The van der Waals surface area contributed by atoms with Gasteiger partial charge in [0.25, 0.3) is 0 Å². The van der Waals surface area contributed by atoms with Crippen molar-refractivity contribution in [2.24, 2.45) is 0 Å².